The van der Waals surface area contributed by atoms with Crippen LogP contribution < -0.4 is 10.5 Å². The normalized spacial score (nSPS) is 12.5. The summed E-state index contributed by atoms with van der Waals surface area (Å²) in [7, 11) is 1.69. The third-order valence-corrected chi connectivity index (χ3v) is 5.00. The van der Waals surface area contributed by atoms with Gasteiger partial charge in [-0.05, 0) is 56.1 Å². The first kappa shape index (κ1) is 16.6. The molecule has 3 aromatic rings. The number of rotatable bonds is 6. The van der Waals surface area contributed by atoms with Gasteiger partial charge in [0.1, 0.15) is 5.75 Å². The molecule has 1 aromatic heterocycles. The molecular formula is C21H26N2O. The molecular weight excluding hydrogens is 296 g/mol. The van der Waals surface area contributed by atoms with Gasteiger partial charge in [0.25, 0.3) is 0 Å². The fourth-order valence-corrected chi connectivity index (χ4v) is 3.63. The maximum atomic E-state index is 6.12. The molecule has 0 aliphatic rings. The Bertz CT molecular complexity index is 818. The minimum absolute atomic E-state index is 0.311. The zero-order valence-electron chi connectivity index (χ0n) is 14.8. The number of methoxy groups -OCH3 is 1. The Labute approximate surface area is 144 Å². The molecule has 0 fully saturated rings. The van der Waals surface area contributed by atoms with Gasteiger partial charge in [-0.2, -0.15) is 0 Å². The SMILES string of the molecule is CCn1c(C)c(CC(CN)c2ccc(OC)cc2)c2ccccc21. The Kier molecular flexibility index (Phi) is 4.91. The van der Waals surface area contributed by atoms with E-state index in [4.69, 9.17) is 10.5 Å². The molecule has 0 aliphatic carbocycles. The summed E-state index contributed by atoms with van der Waals surface area (Å²) < 4.78 is 7.66. The maximum absolute atomic E-state index is 6.12. The van der Waals surface area contributed by atoms with Crippen molar-refractivity contribution in [2.45, 2.75) is 32.7 Å². The maximum Gasteiger partial charge on any atom is 0.118 e. The lowest BCUT2D eigenvalue weighted by Gasteiger charge is -2.16. The van der Waals surface area contributed by atoms with E-state index in [0.29, 0.717) is 12.5 Å². The second kappa shape index (κ2) is 7.10. The van der Waals surface area contributed by atoms with Crippen LogP contribution in [-0.2, 0) is 13.0 Å². The molecule has 126 valence electrons. The molecule has 1 heterocycles. The summed E-state index contributed by atoms with van der Waals surface area (Å²) in [5, 5.41) is 1.35. The minimum atomic E-state index is 0.311. The van der Waals surface area contributed by atoms with Crippen LogP contribution in [0.3, 0.4) is 0 Å². The Morgan fingerprint density at radius 3 is 2.42 bits per heavy atom. The average Bonchev–Trinajstić information content (AvgIpc) is 2.90. The Hall–Kier alpha value is -2.26. The van der Waals surface area contributed by atoms with E-state index in [0.717, 1.165) is 18.7 Å². The first-order chi connectivity index (χ1) is 11.7. The number of benzene rings is 2. The summed E-state index contributed by atoms with van der Waals surface area (Å²) in [6.07, 6.45) is 0.960. The van der Waals surface area contributed by atoms with Crippen molar-refractivity contribution >= 4 is 10.9 Å². The summed E-state index contributed by atoms with van der Waals surface area (Å²) >= 11 is 0. The number of aromatic nitrogens is 1. The molecule has 3 rings (SSSR count). The van der Waals surface area contributed by atoms with Crippen molar-refractivity contribution < 1.29 is 4.74 Å². The molecule has 0 amide bonds. The molecule has 3 nitrogen and oxygen atoms in total. The van der Waals surface area contributed by atoms with E-state index in [-0.39, 0.29) is 0 Å². The van der Waals surface area contributed by atoms with Gasteiger partial charge in [0, 0.05) is 29.1 Å². The summed E-state index contributed by atoms with van der Waals surface area (Å²) in [5.41, 5.74) is 11.5. The lowest BCUT2D eigenvalue weighted by Crippen LogP contribution is -2.15. The van der Waals surface area contributed by atoms with E-state index >= 15 is 0 Å². The molecule has 0 saturated carbocycles. The first-order valence-electron chi connectivity index (χ1n) is 8.60. The van der Waals surface area contributed by atoms with Crippen molar-refractivity contribution in [2.24, 2.45) is 5.73 Å². The summed E-state index contributed by atoms with van der Waals surface area (Å²) in [5.74, 6) is 1.19. The highest BCUT2D eigenvalue weighted by Crippen LogP contribution is 2.31. The predicted molar refractivity (Wildman–Crippen MR) is 101 cm³/mol. The van der Waals surface area contributed by atoms with Crippen LogP contribution in [-0.4, -0.2) is 18.2 Å². The first-order valence-corrected chi connectivity index (χ1v) is 8.60. The molecule has 1 atom stereocenters. The molecule has 0 saturated heterocycles. The van der Waals surface area contributed by atoms with E-state index in [9.17, 15) is 0 Å². The second-order valence-electron chi connectivity index (χ2n) is 6.24. The van der Waals surface area contributed by atoms with Gasteiger partial charge < -0.3 is 15.0 Å². The predicted octanol–water partition coefficient (Wildman–Crippen LogP) is 4.26. The van der Waals surface area contributed by atoms with Crippen molar-refractivity contribution in [3.05, 3.63) is 65.4 Å². The fourth-order valence-electron chi connectivity index (χ4n) is 3.63. The third kappa shape index (κ3) is 2.92. The molecule has 2 N–H and O–H groups in total. The monoisotopic (exact) mass is 322 g/mol. The lowest BCUT2D eigenvalue weighted by molar-refractivity contribution is 0.414. The number of hydrogen-bond acceptors (Lipinski definition) is 2. The van der Waals surface area contributed by atoms with Crippen LogP contribution in [0.15, 0.2) is 48.5 Å². The van der Waals surface area contributed by atoms with E-state index in [1.807, 2.05) is 12.1 Å². The summed E-state index contributed by atoms with van der Waals surface area (Å²) in [6.45, 7) is 6.05. The Morgan fingerprint density at radius 1 is 1.08 bits per heavy atom. The van der Waals surface area contributed by atoms with Crippen molar-refractivity contribution in [3.63, 3.8) is 0 Å². The molecule has 2 aromatic carbocycles. The van der Waals surface area contributed by atoms with Crippen LogP contribution in [0.5, 0.6) is 5.75 Å². The smallest absolute Gasteiger partial charge is 0.118 e. The number of para-hydroxylation sites is 1. The quantitative estimate of drug-likeness (QED) is 0.736. The van der Waals surface area contributed by atoms with Crippen LogP contribution in [0.2, 0.25) is 0 Å². The van der Waals surface area contributed by atoms with Gasteiger partial charge >= 0.3 is 0 Å². The molecule has 0 spiro atoms. The summed E-state index contributed by atoms with van der Waals surface area (Å²) in [4.78, 5) is 0. The number of aryl methyl sites for hydroxylation is 1. The van der Waals surface area contributed by atoms with Gasteiger partial charge in [0.05, 0.1) is 7.11 Å². The van der Waals surface area contributed by atoms with Crippen LogP contribution in [0, 0.1) is 6.92 Å². The number of nitrogens with two attached hydrogens (primary N) is 1. The summed E-state index contributed by atoms with van der Waals surface area (Å²) in [6, 6.07) is 17.0. The number of ether oxygens (including phenoxy) is 1. The molecule has 24 heavy (non-hydrogen) atoms. The van der Waals surface area contributed by atoms with E-state index in [1.54, 1.807) is 7.11 Å². The van der Waals surface area contributed by atoms with Gasteiger partial charge in [-0.25, -0.2) is 0 Å². The van der Waals surface area contributed by atoms with Gasteiger partial charge in [0.2, 0.25) is 0 Å². The average molecular weight is 322 g/mol. The highest BCUT2D eigenvalue weighted by atomic mass is 16.5. The van der Waals surface area contributed by atoms with E-state index < -0.39 is 0 Å². The lowest BCUT2D eigenvalue weighted by atomic mass is 9.91. The van der Waals surface area contributed by atoms with Gasteiger partial charge in [-0.1, -0.05) is 30.3 Å². The van der Waals surface area contributed by atoms with E-state index in [1.165, 1.54) is 27.7 Å². The minimum Gasteiger partial charge on any atom is -0.497 e. The highest BCUT2D eigenvalue weighted by molar-refractivity contribution is 5.85. The zero-order chi connectivity index (χ0) is 17.1. The number of hydrogen-bond donors (Lipinski definition) is 1. The van der Waals surface area contributed by atoms with Crippen molar-refractivity contribution in [2.75, 3.05) is 13.7 Å². The van der Waals surface area contributed by atoms with Gasteiger partial charge in [-0.3, -0.25) is 0 Å². The molecule has 1 unspecified atom stereocenters. The molecule has 3 heteroatoms. The molecule has 0 aliphatic heterocycles. The molecule has 0 bridgehead atoms. The van der Waals surface area contributed by atoms with Crippen LogP contribution in [0.25, 0.3) is 10.9 Å². The van der Waals surface area contributed by atoms with E-state index in [2.05, 4.69) is 54.8 Å². The van der Waals surface area contributed by atoms with Crippen LogP contribution >= 0.6 is 0 Å². The third-order valence-electron chi connectivity index (χ3n) is 5.00. The van der Waals surface area contributed by atoms with Crippen molar-refractivity contribution in [3.8, 4) is 5.75 Å². The van der Waals surface area contributed by atoms with Crippen molar-refractivity contribution in [1.82, 2.24) is 4.57 Å². The second-order valence-corrected chi connectivity index (χ2v) is 6.24. The number of nitrogens with zero attached hydrogens (tertiary/aromatic N) is 1. The van der Waals surface area contributed by atoms with Gasteiger partial charge in [0.15, 0.2) is 0 Å². The van der Waals surface area contributed by atoms with Gasteiger partial charge in [-0.15, -0.1) is 0 Å². The van der Waals surface area contributed by atoms with Crippen LogP contribution in [0.1, 0.15) is 29.7 Å². The van der Waals surface area contributed by atoms with Crippen LogP contribution in [0.4, 0.5) is 0 Å². The topological polar surface area (TPSA) is 40.2 Å². The Morgan fingerprint density at radius 2 is 1.79 bits per heavy atom. The zero-order valence-corrected chi connectivity index (χ0v) is 14.8. The highest BCUT2D eigenvalue weighted by Gasteiger charge is 2.18. The Balaban J connectivity index is 1.99. The van der Waals surface area contributed by atoms with Crippen molar-refractivity contribution in [1.29, 1.82) is 0 Å². The fraction of sp³-hybridized carbons (Fsp3) is 0.333. The number of fused-ring (bicyclic) bond motifs is 1. The molecule has 0 radical (unpaired) electrons. The largest absolute Gasteiger partial charge is 0.497 e. The standard InChI is InChI=1S/C21H26N2O/c1-4-23-15(2)20(19-7-5-6-8-21(19)23)13-17(14-22)16-9-11-18(24-3)12-10-16/h5-12,17H,4,13-14,22H2,1-3H3.